The van der Waals surface area contributed by atoms with E-state index in [4.69, 9.17) is 9.47 Å². The lowest BCUT2D eigenvalue weighted by Crippen LogP contribution is -2.50. The number of ether oxygens (including phenoxy) is 2. The Balaban J connectivity index is 1.30. The largest absolute Gasteiger partial charge is 0.486 e. The monoisotopic (exact) mass is 373 g/mol. The molecule has 5 heteroatoms. The van der Waals surface area contributed by atoms with Gasteiger partial charge in [-0.1, -0.05) is 38.2 Å². The summed E-state index contributed by atoms with van der Waals surface area (Å²) >= 11 is 0. The quantitative estimate of drug-likeness (QED) is 0.829. The van der Waals surface area contributed by atoms with Gasteiger partial charge in [0.05, 0.1) is 5.69 Å². The van der Waals surface area contributed by atoms with Crippen molar-refractivity contribution >= 4 is 5.69 Å². The van der Waals surface area contributed by atoms with E-state index in [1.54, 1.807) is 0 Å². The molecule has 1 aliphatic carbocycles. The van der Waals surface area contributed by atoms with Gasteiger partial charge in [-0.05, 0) is 31.5 Å². The molecule has 1 aromatic carbocycles. The molecule has 4 rings (SSSR count). The van der Waals surface area contributed by atoms with Gasteiger partial charge in [0.25, 0.3) is 0 Å². The summed E-state index contributed by atoms with van der Waals surface area (Å²) in [4.78, 5) is 5.09. The lowest BCUT2D eigenvalue weighted by Gasteiger charge is -2.39. The van der Waals surface area contributed by atoms with E-state index in [0.717, 1.165) is 43.6 Å². The van der Waals surface area contributed by atoms with E-state index < -0.39 is 0 Å². The molecule has 5 nitrogen and oxygen atoms in total. The third-order valence-corrected chi connectivity index (χ3v) is 6.49. The molecule has 0 spiro atoms. The van der Waals surface area contributed by atoms with Gasteiger partial charge in [-0.25, -0.2) is 0 Å². The Bertz CT molecular complexity index is 595. The van der Waals surface area contributed by atoms with Crippen LogP contribution in [0.1, 0.15) is 38.5 Å². The molecule has 2 fully saturated rings. The maximum Gasteiger partial charge on any atom is 0.184 e. The highest BCUT2D eigenvalue weighted by Crippen LogP contribution is 2.39. The number of nitrogens with one attached hydrogen (secondary N) is 1. The van der Waals surface area contributed by atoms with Gasteiger partial charge in [-0.3, -0.25) is 4.90 Å². The first kappa shape index (κ1) is 18.9. The van der Waals surface area contributed by atoms with Crippen molar-refractivity contribution in [2.45, 2.75) is 44.6 Å². The van der Waals surface area contributed by atoms with Crippen molar-refractivity contribution in [1.82, 2.24) is 10.2 Å². The molecular weight excluding hydrogens is 338 g/mol. The van der Waals surface area contributed by atoms with Gasteiger partial charge in [-0.15, -0.1) is 0 Å². The third-order valence-electron chi connectivity index (χ3n) is 6.49. The van der Waals surface area contributed by atoms with Crippen LogP contribution < -0.4 is 19.7 Å². The van der Waals surface area contributed by atoms with Gasteiger partial charge >= 0.3 is 0 Å². The molecule has 1 N–H and O–H groups in total. The summed E-state index contributed by atoms with van der Waals surface area (Å²) in [5.41, 5.74) is 1.19. The Morgan fingerprint density at radius 1 is 1.04 bits per heavy atom. The molecule has 150 valence electrons. The number of piperazine rings is 1. The number of hydrogen-bond donors (Lipinski definition) is 1. The van der Waals surface area contributed by atoms with Gasteiger partial charge in [0.2, 0.25) is 0 Å². The second kappa shape index (κ2) is 9.16. The molecule has 0 unspecified atom stereocenters. The fourth-order valence-corrected chi connectivity index (χ4v) is 4.90. The van der Waals surface area contributed by atoms with Crippen LogP contribution >= 0.6 is 0 Å². The fourth-order valence-electron chi connectivity index (χ4n) is 4.90. The molecule has 1 saturated heterocycles. The number of nitrogens with zero attached hydrogens (tertiary/aromatic N) is 2. The second-order valence-corrected chi connectivity index (χ2v) is 8.31. The molecule has 0 aromatic heterocycles. The number of hydrogen-bond acceptors (Lipinski definition) is 5. The maximum atomic E-state index is 5.91. The molecule has 1 atom stereocenters. The fraction of sp³-hybridized carbons (Fsp3) is 0.727. The maximum absolute atomic E-state index is 5.91. The molecule has 0 amide bonds. The smallest absolute Gasteiger partial charge is 0.184 e. The van der Waals surface area contributed by atoms with Crippen molar-refractivity contribution in [2.24, 2.45) is 5.92 Å². The van der Waals surface area contributed by atoms with Gasteiger partial charge < -0.3 is 19.7 Å². The van der Waals surface area contributed by atoms with E-state index in [9.17, 15) is 0 Å². The highest BCUT2D eigenvalue weighted by atomic mass is 16.6. The van der Waals surface area contributed by atoms with Gasteiger partial charge in [0.15, 0.2) is 11.5 Å². The zero-order valence-corrected chi connectivity index (χ0v) is 16.8. The SMILES string of the molecule is CN[C@H](CC1CCCCC1)CN1CCN(c2cccc3c2OCCO3)CC1. The van der Waals surface area contributed by atoms with Crippen LogP contribution in [0, 0.1) is 5.92 Å². The normalized spacial score (nSPS) is 22.6. The first-order chi connectivity index (χ1) is 13.3. The van der Waals surface area contributed by atoms with Crippen LogP contribution in [0.5, 0.6) is 11.5 Å². The Morgan fingerprint density at radius 3 is 2.59 bits per heavy atom. The van der Waals surface area contributed by atoms with E-state index in [1.807, 2.05) is 6.07 Å². The Hall–Kier alpha value is -1.46. The minimum absolute atomic E-state index is 0.626. The Labute approximate surface area is 164 Å². The summed E-state index contributed by atoms with van der Waals surface area (Å²) in [5, 5.41) is 3.59. The summed E-state index contributed by atoms with van der Waals surface area (Å²) < 4.78 is 11.7. The van der Waals surface area contributed by atoms with Crippen molar-refractivity contribution in [3.8, 4) is 11.5 Å². The van der Waals surface area contributed by atoms with Crippen LogP contribution in [-0.4, -0.2) is 63.9 Å². The van der Waals surface area contributed by atoms with Crippen molar-refractivity contribution in [3.05, 3.63) is 18.2 Å². The van der Waals surface area contributed by atoms with E-state index in [-0.39, 0.29) is 0 Å². The first-order valence-corrected chi connectivity index (χ1v) is 10.9. The Kier molecular flexibility index (Phi) is 6.40. The number of anilines is 1. The number of para-hydroxylation sites is 1. The molecule has 0 bridgehead atoms. The van der Waals surface area contributed by atoms with Gasteiger partial charge in [0, 0.05) is 38.8 Å². The predicted molar refractivity (Wildman–Crippen MR) is 110 cm³/mol. The molecule has 2 heterocycles. The summed E-state index contributed by atoms with van der Waals surface area (Å²) in [5.74, 6) is 2.76. The van der Waals surface area contributed by atoms with E-state index in [2.05, 4.69) is 34.3 Å². The summed E-state index contributed by atoms with van der Waals surface area (Å²) in [7, 11) is 2.14. The average Bonchev–Trinajstić information content (AvgIpc) is 2.74. The van der Waals surface area contributed by atoms with E-state index in [1.165, 1.54) is 50.8 Å². The van der Waals surface area contributed by atoms with Crippen LogP contribution in [-0.2, 0) is 0 Å². The predicted octanol–water partition coefficient (Wildman–Crippen LogP) is 3.14. The van der Waals surface area contributed by atoms with Crippen molar-refractivity contribution < 1.29 is 9.47 Å². The molecule has 27 heavy (non-hydrogen) atoms. The van der Waals surface area contributed by atoms with Crippen LogP contribution in [0.15, 0.2) is 18.2 Å². The van der Waals surface area contributed by atoms with Gasteiger partial charge in [-0.2, -0.15) is 0 Å². The number of fused-ring (bicyclic) bond motifs is 1. The minimum atomic E-state index is 0.626. The van der Waals surface area contributed by atoms with Crippen LogP contribution in [0.25, 0.3) is 0 Å². The third kappa shape index (κ3) is 4.69. The van der Waals surface area contributed by atoms with Crippen molar-refractivity contribution in [3.63, 3.8) is 0 Å². The van der Waals surface area contributed by atoms with E-state index in [0.29, 0.717) is 19.3 Å². The van der Waals surface area contributed by atoms with Crippen molar-refractivity contribution in [2.75, 3.05) is 57.9 Å². The summed E-state index contributed by atoms with van der Waals surface area (Å²) in [6, 6.07) is 6.89. The minimum Gasteiger partial charge on any atom is -0.486 e. The average molecular weight is 374 g/mol. The Morgan fingerprint density at radius 2 is 1.81 bits per heavy atom. The molecular formula is C22H35N3O2. The highest BCUT2D eigenvalue weighted by molar-refractivity contribution is 5.65. The molecule has 1 saturated carbocycles. The van der Waals surface area contributed by atoms with E-state index >= 15 is 0 Å². The van der Waals surface area contributed by atoms with Crippen molar-refractivity contribution in [1.29, 1.82) is 0 Å². The standard InChI is InChI=1S/C22H35N3O2/c1-23-19(16-18-6-3-2-4-7-18)17-24-10-12-25(13-11-24)20-8-5-9-21-22(20)27-15-14-26-21/h5,8-9,18-19,23H,2-4,6-7,10-17H2,1H3/t19-/m1/s1. The lowest BCUT2D eigenvalue weighted by atomic mass is 9.84. The summed E-state index contributed by atoms with van der Waals surface area (Å²) in [6.07, 6.45) is 8.54. The number of rotatable bonds is 6. The lowest BCUT2D eigenvalue weighted by molar-refractivity contribution is 0.171. The van der Waals surface area contributed by atoms with Crippen LogP contribution in [0.2, 0.25) is 0 Å². The number of benzene rings is 1. The molecule has 3 aliphatic rings. The molecule has 2 aliphatic heterocycles. The highest BCUT2D eigenvalue weighted by Gasteiger charge is 2.25. The second-order valence-electron chi connectivity index (χ2n) is 8.31. The topological polar surface area (TPSA) is 37.0 Å². The summed E-state index contributed by atoms with van der Waals surface area (Å²) in [6.45, 7) is 6.82. The van der Waals surface area contributed by atoms with Gasteiger partial charge in [0.1, 0.15) is 13.2 Å². The first-order valence-electron chi connectivity index (χ1n) is 10.9. The van der Waals surface area contributed by atoms with Crippen LogP contribution in [0.4, 0.5) is 5.69 Å². The number of likely N-dealkylation sites (N-methyl/N-ethyl adjacent to an activating group) is 1. The van der Waals surface area contributed by atoms with Crippen LogP contribution in [0.3, 0.4) is 0 Å². The molecule has 1 aromatic rings. The zero-order valence-electron chi connectivity index (χ0n) is 16.8. The molecule has 0 radical (unpaired) electrons. The zero-order chi connectivity index (χ0) is 18.5.